The van der Waals surface area contributed by atoms with Crippen LogP contribution >= 0.6 is 0 Å². The third kappa shape index (κ3) is 6.43. The van der Waals surface area contributed by atoms with Crippen LogP contribution in [-0.2, 0) is 14.6 Å². The molecule has 8 heteroatoms. The first-order valence-corrected chi connectivity index (χ1v) is 7.53. The molecule has 2 amide bonds. The van der Waals surface area contributed by atoms with Crippen molar-refractivity contribution in [1.29, 1.82) is 0 Å². The molecule has 0 heterocycles. The van der Waals surface area contributed by atoms with E-state index in [1.807, 2.05) is 0 Å². The number of carbonyl (C=O) groups excluding carboxylic acids is 1. The van der Waals surface area contributed by atoms with Crippen LogP contribution in [0.4, 0.5) is 4.79 Å². The number of nitrogens with one attached hydrogen (secondary N) is 1. The summed E-state index contributed by atoms with van der Waals surface area (Å²) in [7, 11) is -1.74. The molecule has 18 heavy (non-hydrogen) atoms. The van der Waals surface area contributed by atoms with E-state index in [0.29, 0.717) is 0 Å². The Morgan fingerprint density at radius 3 is 2.17 bits per heavy atom. The third-order valence-corrected chi connectivity index (χ3v) is 3.28. The quantitative estimate of drug-likeness (QED) is 0.700. The fraction of sp³-hybridized carbons (Fsp3) is 0.800. The van der Waals surface area contributed by atoms with Gasteiger partial charge in [-0.3, -0.25) is 0 Å². The Labute approximate surface area is 107 Å². The highest BCUT2D eigenvalue weighted by molar-refractivity contribution is 7.90. The fourth-order valence-electron chi connectivity index (χ4n) is 1.16. The molecule has 0 aliphatic heterocycles. The van der Waals surface area contributed by atoms with Gasteiger partial charge in [-0.05, 0) is 5.92 Å². The molecule has 0 saturated heterocycles. The average molecular weight is 280 g/mol. The minimum absolute atomic E-state index is 0.0229. The van der Waals surface area contributed by atoms with Crippen LogP contribution in [-0.4, -0.2) is 62.1 Å². The van der Waals surface area contributed by atoms with Gasteiger partial charge in [-0.15, -0.1) is 0 Å². The Morgan fingerprint density at radius 2 is 1.83 bits per heavy atom. The summed E-state index contributed by atoms with van der Waals surface area (Å²) in [5, 5.41) is 11.2. The van der Waals surface area contributed by atoms with E-state index in [1.54, 1.807) is 13.8 Å². The summed E-state index contributed by atoms with van der Waals surface area (Å²) >= 11 is 0. The zero-order chi connectivity index (χ0) is 14.5. The van der Waals surface area contributed by atoms with Crippen LogP contribution in [0.15, 0.2) is 0 Å². The summed E-state index contributed by atoms with van der Waals surface area (Å²) in [6.07, 6.45) is 1.08. The monoisotopic (exact) mass is 280 g/mol. The summed E-state index contributed by atoms with van der Waals surface area (Å²) in [6.45, 7) is 3.38. The van der Waals surface area contributed by atoms with Crippen LogP contribution in [0, 0.1) is 5.92 Å². The van der Waals surface area contributed by atoms with Crippen LogP contribution in [0.3, 0.4) is 0 Å². The van der Waals surface area contributed by atoms with E-state index in [4.69, 9.17) is 5.11 Å². The number of urea groups is 1. The van der Waals surface area contributed by atoms with Gasteiger partial charge in [0, 0.05) is 19.8 Å². The van der Waals surface area contributed by atoms with E-state index < -0.39 is 27.9 Å². The normalized spacial score (nSPS) is 13.2. The molecule has 0 aliphatic carbocycles. The number of sulfone groups is 1. The number of nitrogens with zero attached hydrogens (tertiary/aromatic N) is 1. The summed E-state index contributed by atoms with van der Waals surface area (Å²) in [5.41, 5.74) is 0. The molecule has 0 aromatic rings. The van der Waals surface area contributed by atoms with Crippen molar-refractivity contribution < 1.29 is 23.1 Å². The van der Waals surface area contributed by atoms with Gasteiger partial charge >= 0.3 is 12.0 Å². The molecule has 1 atom stereocenters. The zero-order valence-electron chi connectivity index (χ0n) is 11.0. The van der Waals surface area contributed by atoms with Crippen LogP contribution in [0.2, 0.25) is 0 Å². The number of rotatable bonds is 6. The van der Waals surface area contributed by atoms with Crippen LogP contribution in [0.25, 0.3) is 0 Å². The average Bonchev–Trinajstić information content (AvgIpc) is 2.19. The van der Waals surface area contributed by atoms with Crippen molar-refractivity contribution in [2.24, 2.45) is 5.92 Å². The second-order valence-corrected chi connectivity index (χ2v) is 6.82. The lowest BCUT2D eigenvalue weighted by Gasteiger charge is -2.23. The van der Waals surface area contributed by atoms with Crippen LogP contribution in [0.5, 0.6) is 0 Å². The Balaban J connectivity index is 4.43. The second-order valence-electron chi connectivity index (χ2n) is 4.56. The molecule has 0 aliphatic rings. The first-order valence-electron chi connectivity index (χ1n) is 5.46. The zero-order valence-corrected chi connectivity index (χ0v) is 11.8. The molecule has 0 fully saturated rings. The summed E-state index contributed by atoms with van der Waals surface area (Å²) in [4.78, 5) is 23.7. The highest BCUT2D eigenvalue weighted by atomic mass is 32.2. The largest absolute Gasteiger partial charge is 0.480 e. The first-order chi connectivity index (χ1) is 8.04. The van der Waals surface area contributed by atoms with Crippen molar-refractivity contribution in [2.45, 2.75) is 19.9 Å². The topological polar surface area (TPSA) is 104 Å². The number of aliphatic carboxylic acids is 1. The van der Waals surface area contributed by atoms with E-state index in [1.165, 1.54) is 7.05 Å². The van der Waals surface area contributed by atoms with Crippen molar-refractivity contribution in [3.05, 3.63) is 0 Å². The summed E-state index contributed by atoms with van der Waals surface area (Å²) < 4.78 is 21.9. The highest BCUT2D eigenvalue weighted by Crippen LogP contribution is 2.02. The lowest BCUT2D eigenvalue weighted by molar-refractivity contribution is -0.140. The molecule has 0 aromatic carbocycles. The van der Waals surface area contributed by atoms with Crippen molar-refractivity contribution in [3.63, 3.8) is 0 Å². The van der Waals surface area contributed by atoms with Gasteiger partial charge in [0.05, 0.1) is 5.75 Å². The lowest BCUT2D eigenvalue weighted by Crippen LogP contribution is -2.49. The van der Waals surface area contributed by atoms with Gasteiger partial charge in [0.15, 0.2) is 0 Å². The van der Waals surface area contributed by atoms with Gasteiger partial charge < -0.3 is 15.3 Å². The Hall–Kier alpha value is -1.31. The maximum atomic E-state index is 11.6. The Morgan fingerprint density at radius 1 is 1.33 bits per heavy atom. The third-order valence-electron chi connectivity index (χ3n) is 2.36. The number of carbonyl (C=O) groups is 2. The van der Waals surface area contributed by atoms with Gasteiger partial charge in [-0.25, -0.2) is 18.0 Å². The van der Waals surface area contributed by atoms with Gasteiger partial charge in [-0.2, -0.15) is 0 Å². The first kappa shape index (κ1) is 16.7. The van der Waals surface area contributed by atoms with E-state index >= 15 is 0 Å². The predicted molar refractivity (Wildman–Crippen MR) is 67.1 cm³/mol. The molecule has 106 valence electrons. The Bertz CT molecular complexity index is 404. The fourth-order valence-corrected chi connectivity index (χ4v) is 1.77. The molecule has 0 bridgehead atoms. The molecule has 0 unspecified atom stereocenters. The molecule has 0 spiro atoms. The van der Waals surface area contributed by atoms with Gasteiger partial charge in [-0.1, -0.05) is 13.8 Å². The highest BCUT2D eigenvalue weighted by Gasteiger charge is 2.24. The number of amides is 2. The SMILES string of the molecule is CC(C)[C@@H](NC(=O)N(C)CCS(C)(=O)=O)C(=O)O. The van der Waals surface area contributed by atoms with E-state index in [-0.39, 0.29) is 18.2 Å². The van der Waals surface area contributed by atoms with Crippen molar-refractivity contribution >= 4 is 21.8 Å². The minimum Gasteiger partial charge on any atom is -0.480 e. The number of carboxylic acid groups (broad SMARTS) is 1. The van der Waals surface area contributed by atoms with Crippen molar-refractivity contribution in [1.82, 2.24) is 10.2 Å². The van der Waals surface area contributed by atoms with Gasteiger partial charge in [0.1, 0.15) is 15.9 Å². The van der Waals surface area contributed by atoms with E-state index in [0.717, 1.165) is 11.2 Å². The molecular weight excluding hydrogens is 260 g/mol. The maximum Gasteiger partial charge on any atom is 0.326 e. The smallest absolute Gasteiger partial charge is 0.326 e. The summed E-state index contributed by atoms with van der Waals surface area (Å²) in [6, 6.07) is -1.59. The van der Waals surface area contributed by atoms with Gasteiger partial charge in [0.25, 0.3) is 0 Å². The standard InChI is InChI=1S/C10H20N2O5S/c1-7(2)8(9(13)14)11-10(15)12(3)5-6-18(4,16)17/h7-8H,5-6H2,1-4H3,(H,11,15)(H,13,14)/t8-/m1/s1. The number of carboxylic acids is 1. The van der Waals surface area contributed by atoms with Crippen molar-refractivity contribution in [3.8, 4) is 0 Å². The maximum absolute atomic E-state index is 11.6. The molecule has 2 N–H and O–H groups in total. The molecule has 0 aromatic heterocycles. The predicted octanol–water partition coefficient (Wildman–Crippen LogP) is -0.218. The van der Waals surface area contributed by atoms with Crippen LogP contribution in [0.1, 0.15) is 13.8 Å². The molecule has 0 radical (unpaired) electrons. The Kier molecular flexibility index (Phi) is 6.10. The van der Waals surface area contributed by atoms with Gasteiger partial charge in [0.2, 0.25) is 0 Å². The van der Waals surface area contributed by atoms with Crippen LogP contribution < -0.4 is 5.32 Å². The van der Waals surface area contributed by atoms with E-state index in [2.05, 4.69) is 5.32 Å². The lowest BCUT2D eigenvalue weighted by atomic mass is 10.1. The molecular formula is C10H20N2O5S. The summed E-state index contributed by atoms with van der Waals surface area (Å²) in [5.74, 6) is -1.53. The molecule has 0 rings (SSSR count). The van der Waals surface area contributed by atoms with E-state index in [9.17, 15) is 18.0 Å². The number of hydrogen-bond acceptors (Lipinski definition) is 4. The molecule has 0 saturated carbocycles. The second kappa shape index (κ2) is 6.58. The van der Waals surface area contributed by atoms with Crippen molar-refractivity contribution in [2.75, 3.05) is 25.6 Å². The number of hydrogen-bond donors (Lipinski definition) is 2. The molecule has 7 nitrogen and oxygen atoms in total. The minimum atomic E-state index is -3.15.